The van der Waals surface area contributed by atoms with E-state index in [-0.39, 0.29) is 22.5 Å². The molecular formula is C32H29BrN2O2S. The molecule has 0 atom stereocenters. The Morgan fingerprint density at radius 3 is 2.53 bits per heavy atom. The van der Waals surface area contributed by atoms with Crippen molar-refractivity contribution in [1.29, 1.82) is 0 Å². The summed E-state index contributed by atoms with van der Waals surface area (Å²) in [7, 11) is 0. The largest absolute Gasteiger partial charge is 0.293 e. The summed E-state index contributed by atoms with van der Waals surface area (Å²) in [4.78, 5) is 32.9. The number of rotatable bonds is 5. The predicted octanol–water partition coefficient (Wildman–Crippen LogP) is 7.70. The molecule has 0 unspecified atom stereocenters. The number of benzene rings is 3. The average molecular weight is 586 g/mol. The molecule has 0 amide bonds. The molecule has 192 valence electrons. The second-order valence-corrected chi connectivity index (χ2v) is 12.3. The Balaban J connectivity index is 1.53. The van der Waals surface area contributed by atoms with Crippen molar-refractivity contribution in [2.75, 3.05) is 5.75 Å². The summed E-state index contributed by atoms with van der Waals surface area (Å²) in [5, 5.41) is 0.562. The number of ketones is 1. The molecule has 1 fully saturated rings. The maximum atomic E-state index is 14.6. The zero-order valence-electron chi connectivity index (χ0n) is 21.4. The van der Waals surface area contributed by atoms with Crippen molar-refractivity contribution in [2.24, 2.45) is 0 Å². The average Bonchev–Trinajstić information content (AvgIpc) is 2.92. The van der Waals surface area contributed by atoms with Gasteiger partial charge in [-0.25, -0.2) is 4.98 Å². The molecule has 6 rings (SSSR count). The highest BCUT2D eigenvalue weighted by Gasteiger charge is 2.43. The number of hydrogen-bond donors (Lipinski definition) is 0. The summed E-state index contributed by atoms with van der Waals surface area (Å²) >= 11 is 4.78. The van der Waals surface area contributed by atoms with Gasteiger partial charge in [0.25, 0.3) is 5.56 Å². The van der Waals surface area contributed by atoms with Gasteiger partial charge >= 0.3 is 0 Å². The van der Waals surface area contributed by atoms with Gasteiger partial charge in [-0.15, -0.1) is 0 Å². The summed E-state index contributed by atoms with van der Waals surface area (Å²) in [5.74, 6) is 0.209. The number of Topliss-reactive ketones (excluding diaryl/α,β-unsaturated/α-hetero) is 1. The summed E-state index contributed by atoms with van der Waals surface area (Å²) in [6.07, 6.45) is 6.37. The van der Waals surface area contributed by atoms with Crippen LogP contribution in [0.4, 0.5) is 0 Å². The number of carbonyl (C=O) groups is 1. The van der Waals surface area contributed by atoms with Gasteiger partial charge in [0.1, 0.15) is 0 Å². The molecular weight excluding hydrogens is 556 g/mol. The minimum Gasteiger partial charge on any atom is -0.293 e. The number of aryl methyl sites for hydroxylation is 1. The molecule has 0 bridgehead atoms. The third-order valence-electron chi connectivity index (χ3n) is 7.95. The van der Waals surface area contributed by atoms with Crippen molar-refractivity contribution in [1.82, 2.24) is 9.55 Å². The van der Waals surface area contributed by atoms with Crippen molar-refractivity contribution in [3.05, 3.63) is 110 Å². The molecule has 0 aliphatic heterocycles. The molecule has 0 radical (unpaired) electrons. The van der Waals surface area contributed by atoms with Crippen molar-refractivity contribution in [3.8, 4) is 16.9 Å². The van der Waals surface area contributed by atoms with E-state index < -0.39 is 0 Å². The zero-order valence-corrected chi connectivity index (χ0v) is 23.8. The lowest BCUT2D eigenvalue weighted by Crippen LogP contribution is -2.43. The number of thioether (sulfide) groups is 1. The SMILES string of the molecule is Cc1cccc(-n2c(SCC(=O)c3ccc(Br)cc3)nc3c(c2=O)C2(CCCCC2)Cc2ccccc2-3)c1. The van der Waals surface area contributed by atoms with Gasteiger partial charge in [0, 0.05) is 21.0 Å². The topological polar surface area (TPSA) is 52.0 Å². The van der Waals surface area contributed by atoms with Gasteiger partial charge < -0.3 is 0 Å². The highest BCUT2D eigenvalue weighted by molar-refractivity contribution is 9.10. The van der Waals surface area contributed by atoms with Crippen LogP contribution in [0.2, 0.25) is 0 Å². The quantitative estimate of drug-likeness (QED) is 0.137. The minimum absolute atomic E-state index is 0.00872. The van der Waals surface area contributed by atoms with Crippen molar-refractivity contribution < 1.29 is 4.79 Å². The third kappa shape index (κ3) is 4.58. The monoisotopic (exact) mass is 584 g/mol. The van der Waals surface area contributed by atoms with Crippen LogP contribution in [0.3, 0.4) is 0 Å². The molecule has 6 heteroatoms. The van der Waals surface area contributed by atoms with E-state index in [1.54, 1.807) is 4.57 Å². The number of nitrogens with zero attached hydrogens (tertiary/aromatic N) is 2. The number of aromatic nitrogens is 2. The lowest BCUT2D eigenvalue weighted by molar-refractivity contribution is 0.102. The summed E-state index contributed by atoms with van der Waals surface area (Å²) in [6.45, 7) is 2.03. The van der Waals surface area contributed by atoms with E-state index in [0.29, 0.717) is 10.7 Å². The van der Waals surface area contributed by atoms with Gasteiger partial charge in [0.2, 0.25) is 0 Å². The van der Waals surface area contributed by atoms with E-state index in [9.17, 15) is 9.59 Å². The molecule has 1 saturated carbocycles. The molecule has 1 heterocycles. The van der Waals surface area contributed by atoms with Crippen LogP contribution >= 0.6 is 27.7 Å². The number of halogens is 1. The second-order valence-electron chi connectivity index (χ2n) is 10.5. The Hall–Kier alpha value is -2.96. The first-order chi connectivity index (χ1) is 18.4. The number of carbonyl (C=O) groups excluding carboxylic acids is 1. The van der Waals surface area contributed by atoms with Crippen LogP contribution in [-0.2, 0) is 11.8 Å². The lowest BCUT2D eigenvalue weighted by Gasteiger charge is -2.42. The fourth-order valence-electron chi connectivity index (χ4n) is 6.13. The van der Waals surface area contributed by atoms with Crippen LogP contribution in [0, 0.1) is 6.92 Å². The summed E-state index contributed by atoms with van der Waals surface area (Å²) in [5.41, 5.74) is 6.33. The highest BCUT2D eigenvalue weighted by atomic mass is 79.9. The van der Waals surface area contributed by atoms with E-state index in [0.717, 1.165) is 64.6 Å². The highest BCUT2D eigenvalue weighted by Crippen LogP contribution is 2.49. The van der Waals surface area contributed by atoms with Gasteiger partial charge in [-0.2, -0.15) is 0 Å². The van der Waals surface area contributed by atoms with Gasteiger partial charge in [-0.1, -0.05) is 95.5 Å². The fraction of sp³-hybridized carbons (Fsp3) is 0.281. The Kier molecular flexibility index (Phi) is 6.87. The zero-order chi connectivity index (χ0) is 26.3. The Morgan fingerprint density at radius 2 is 1.76 bits per heavy atom. The standard InChI is InChI=1S/C32H29BrN2O2S/c1-21-8-7-10-25(18-21)35-30(37)28-29(34-31(35)38-20-27(36)22-12-14-24(33)15-13-22)26-11-4-3-9-23(26)19-32(28)16-5-2-6-17-32/h3-4,7-15,18H,2,5-6,16-17,19-20H2,1H3. The third-order valence-corrected chi connectivity index (χ3v) is 9.42. The Morgan fingerprint density at radius 1 is 1.00 bits per heavy atom. The van der Waals surface area contributed by atoms with E-state index in [1.807, 2.05) is 61.5 Å². The van der Waals surface area contributed by atoms with Gasteiger partial charge in [0.05, 0.1) is 22.7 Å². The van der Waals surface area contributed by atoms with Gasteiger partial charge in [0.15, 0.2) is 10.9 Å². The molecule has 3 aromatic carbocycles. The van der Waals surface area contributed by atoms with E-state index in [1.165, 1.54) is 23.7 Å². The van der Waals surface area contributed by atoms with Crippen LogP contribution < -0.4 is 5.56 Å². The van der Waals surface area contributed by atoms with Crippen molar-refractivity contribution in [2.45, 2.75) is 56.0 Å². The molecule has 4 aromatic rings. The molecule has 2 aliphatic carbocycles. The predicted molar refractivity (Wildman–Crippen MR) is 158 cm³/mol. The van der Waals surface area contributed by atoms with Crippen LogP contribution in [0.25, 0.3) is 16.9 Å². The van der Waals surface area contributed by atoms with Crippen molar-refractivity contribution in [3.63, 3.8) is 0 Å². The van der Waals surface area contributed by atoms with E-state index in [4.69, 9.17) is 4.98 Å². The molecule has 0 N–H and O–H groups in total. The minimum atomic E-state index is -0.186. The van der Waals surface area contributed by atoms with E-state index in [2.05, 4.69) is 34.1 Å². The fourth-order valence-corrected chi connectivity index (χ4v) is 7.29. The normalized spacial score (nSPS) is 15.6. The molecule has 0 saturated heterocycles. The van der Waals surface area contributed by atoms with Crippen molar-refractivity contribution >= 4 is 33.5 Å². The van der Waals surface area contributed by atoms with Gasteiger partial charge in [-0.05, 0) is 61.6 Å². The lowest BCUT2D eigenvalue weighted by atomic mass is 9.62. The van der Waals surface area contributed by atoms with Crippen LogP contribution in [-0.4, -0.2) is 21.1 Å². The maximum absolute atomic E-state index is 14.6. The van der Waals surface area contributed by atoms with Crippen LogP contribution in [0.5, 0.6) is 0 Å². The molecule has 1 spiro atoms. The number of fused-ring (bicyclic) bond motifs is 4. The molecule has 1 aromatic heterocycles. The smallest absolute Gasteiger partial charge is 0.263 e. The summed E-state index contributed by atoms with van der Waals surface area (Å²) in [6, 6.07) is 23.8. The van der Waals surface area contributed by atoms with Crippen LogP contribution in [0.15, 0.2) is 87.2 Å². The first-order valence-corrected chi connectivity index (χ1v) is 15.0. The summed E-state index contributed by atoms with van der Waals surface area (Å²) < 4.78 is 2.69. The first kappa shape index (κ1) is 25.3. The first-order valence-electron chi connectivity index (χ1n) is 13.2. The number of hydrogen-bond acceptors (Lipinski definition) is 4. The Bertz CT molecular complexity index is 1590. The molecule has 4 nitrogen and oxygen atoms in total. The molecule has 2 aliphatic rings. The second kappa shape index (κ2) is 10.3. The van der Waals surface area contributed by atoms with E-state index >= 15 is 0 Å². The molecule has 38 heavy (non-hydrogen) atoms. The van der Waals surface area contributed by atoms with Crippen LogP contribution in [0.1, 0.15) is 59.2 Å². The Labute approximate surface area is 235 Å². The van der Waals surface area contributed by atoms with Gasteiger partial charge in [-0.3, -0.25) is 14.2 Å². The maximum Gasteiger partial charge on any atom is 0.263 e.